The number of sulfonamides is 1. The third-order valence-electron chi connectivity index (χ3n) is 4.57. The highest BCUT2D eigenvalue weighted by atomic mass is 32.2. The highest BCUT2D eigenvalue weighted by Crippen LogP contribution is 2.34. The number of hydrogen-bond acceptors (Lipinski definition) is 5. The molecular weight excluding hydrogens is 423 g/mol. The molecule has 0 spiro atoms. The van der Waals surface area contributed by atoms with Crippen LogP contribution in [0.25, 0.3) is 10.6 Å². The van der Waals surface area contributed by atoms with Gasteiger partial charge in [-0.15, -0.1) is 11.3 Å². The number of aromatic nitrogens is 2. The van der Waals surface area contributed by atoms with E-state index in [4.69, 9.17) is 0 Å². The summed E-state index contributed by atoms with van der Waals surface area (Å²) in [5, 5.41) is 2.76. The monoisotopic (exact) mass is 443 g/mol. The first-order chi connectivity index (χ1) is 13.6. The normalized spacial score (nSPS) is 17.3. The average molecular weight is 444 g/mol. The van der Waals surface area contributed by atoms with Gasteiger partial charge in [0.2, 0.25) is 0 Å². The Balaban J connectivity index is 1.74. The van der Waals surface area contributed by atoms with E-state index in [0.717, 1.165) is 41.8 Å². The summed E-state index contributed by atoms with van der Waals surface area (Å²) in [7, 11) is -4.50. The van der Waals surface area contributed by atoms with E-state index in [1.54, 1.807) is 12.3 Å². The van der Waals surface area contributed by atoms with Crippen molar-refractivity contribution < 1.29 is 21.6 Å². The van der Waals surface area contributed by atoms with Gasteiger partial charge in [0, 0.05) is 41.5 Å². The smallest absolute Gasteiger partial charge is 0.266 e. The Kier molecular flexibility index (Phi) is 6.13. The minimum atomic E-state index is -5.40. The Morgan fingerprint density at radius 2 is 2.10 bits per heavy atom. The van der Waals surface area contributed by atoms with E-state index in [1.165, 1.54) is 23.5 Å². The Morgan fingerprint density at radius 1 is 1.34 bits per heavy atom. The maximum Gasteiger partial charge on any atom is 0.516 e. The molecule has 1 aliphatic carbocycles. The molecule has 0 bridgehead atoms. The SMILES string of the molecule is CCCc1cc(-c2nc(C3C=CC(N(C)S(=O)(=O)C(F)(F)F)=CC3)cs2)ccn1. The number of likely N-dealkylation sites (N-methyl/N-ethyl adjacent to an activating group) is 1. The topological polar surface area (TPSA) is 63.2 Å². The number of thiazole rings is 1. The molecule has 10 heteroatoms. The Bertz CT molecular complexity index is 1040. The van der Waals surface area contributed by atoms with E-state index in [0.29, 0.717) is 6.42 Å². The summed E-state index contributed by atoms with van der Waals surface area (Å²) >= 11 is 1.49. The second kappa shape index (κ2) is 8.27. The predicted molar refractivity (Wildman–Crippen MR) is 107 cm³/mol. The second-order valence-electron chi connectivity index (χ2n) is 6.61. The number of pyridine rings is 1. The summed E-state index contributed by atoms with van der Waals surface area (Å²) in [4.78, 5) is 9.00. The number of alkyl halides is 3. The van der Waals surface area contributed by atoms with Gasteiger partial charge in [-0.3, -0.25) is 9.29 Å². The van der Waals surface area contributed by atoms with Crippen molar-refractivity contribution in [2.75, 3.05) is 7.05 Å². The number of hydrogen-bond donors (Lipinski definition) is 0. The average Bonchev–Trinajstić information content (AvgIpc) is 3.17. The molecule has 2 aromatic heterocycles. The number of allylic oxidation sites excluding steroid dienone is 3. The molecule has 1 atom stereocenters. The maximum absolute atomic E-state index is 12.7. The fraction of sp³-hybridized carbons (Fsp3) is 0.368. The van der Waals surface area contributed by atoms with Crippen LogP contribution < -0.4 is 0 Å². The van der Waals surface area contributed by atoms with Crippen LogP contribution in [0.2, 0.25) is 0 Å². The molecule has 1 aliphatic rings. The number of rotatable bonds is 6. The largest absolute Gasteiger partial charge is 0.516 e. The highest BCUT2D eigenvalue weighted by molar-refractivity contribution is 7.90. The van der Waals surface area contributed by atoms with E-state index in [-0.39, 0.29) is 15.9 Å². The number of halogens is 3. The van der Waals surface area contributed by atoms with Gasteiger partial charge in [0.05, 0.1) is 5.69 Å². The first-order valence-electron chi connectivity index (χ1n) is 8.97. The highest BCUT2D eigenvalue weighted by Gasteiger charge is 2.49. The molecule has 0 N–H and O–H groups in total. The lowest BCUT2D eigenvalue weighted by Crippen LogP contribution is -2.37. The van der Waals surface area contributed by atoms with Crippen molar-refractivity contribution in [1.82, 2.24) is 14.3 Å². The van der Waals surface area contributed by atoms with Crippen molar-refractivity contribution in [2.24, 2.45) is 0 Å². The molecule has 0 amide bonds. The van der Waals surface area contributed by atoms with Crippen LogP contribution in [-0.4, -0.2) is 35.2 Å². The van der Waals surface area contributed by atoms with Crippen molar-refractivity contribution in [2.45, 2.75) is 37.6 Å². The first kappa shape index (κ1) is 21.5. The van der Waals surface area contributed by atoms with Gasteiger partial charge in [0.1, 0.15) is 5.01 Å². The summed E-state index contributed by atoms with van der Waals surface area (Å²) in [5.74, 6) is -0.123. The van der Waals surface area contributed by atoms with E-state index in [2.05, 4.69) is 16.9 Å². The molecule has 2 aromatic rings. The minimum absolute atomic E-state index is 0.00707. The molecule has 1 unspecified atom stereocenters. The molecule has 0 saturated heterocycles. The van der Waals surface area contributed by atoms with Crippen LogP contribution >= 0.6 is 11.3 Å². The third kappa shape index (κ3) is 4.53. The van der Waals surface area contributed by atoms with Gasteiger partial charge in [0.15, 0.2) is 0 Å². The Hall–Kier alpha value is -2.20. The van der Waals surface area contributed by atoms with Crippen LogP contribution in [-0.2, 0) is 16.4 Å². The molecule has 3 rings (SSSR count). The summed E-state index contributed by atoms with van der Waals surface area (Å²) in [6.07, 6.45) is 8.57. The molecule has 0 aromatic carbocycles. The Labute approximate surface area is 171 Å². The van der Waals surface area contributed by atoms with Gasteiger partial charge in [-0.1, -0.05) is 25.5 Å². The molecule has 5 nitrogen and oxygen atoms in total. The third-order valence-corrected chi connectivity index (χ3v) is 6.99. The zero-order valence-corrected chi connectivity index (χ0v) is 17.5. The molecular formula is C19H20F3N3O2S2. The molecule has 156 valence electrons. The fourth-order valence-electron chi connectivity index (χ4n) is 2.95. The van der Waals surface area contributed by atoms with Gasteiger partial charge in [-0.2, -0.15) is 21.6 Å². The van der Waals surface area contributed by atoms with Gasteiger partial charge >= 0.3 is 15.5 Å². The molecule has 29 heavy (non-hydrogen) atoms. The zero-order chi connectivity index (χ0) is 21.2. The molecule has 0 aliphatic heterocycles. The van der Waals surface area contributed by atoms with E-state index in [1.807, 2.05) is 17.5 Å². The second-order valence-corrected chi connectivity index (χ2v) is 9.43. The van der Waals surface area contributed by atoms with Crippen molar-refractivity contribution in [3.05, 3.63) is 59.0 Å². The van der Waals surface area contributed by atoms with Gasteiger partial charge in [-0.05, 0) is 31.1 Å². The maximum atomic E-state index is 12.7. The summed E-state index contributed by atoms with van der Waals surface area (Å²) < 4.78 is 61.5. The lowest BCUT2D eigenvalue weighted by atomic mass is 9.97. The van der Waals surface area contributed by atoms with Crippen molar-refractivity contribution >= 4 is 21.4 Å². The molecule has 2 heterocycles. The van der Waals surface area contributed by atoms with Crippen LogP contribution in [0.4, 0.5) is 13.2 Å². The number of aryl methyl sites for hydroxylation is 1. The fourth-order valence-corrected chi connectivity index (χ4v) is 4.55. The Morgan fingerprint density at radius 3 is 2.72 bits per heavy atom. The summed E-state index contributed by atoms with van der Waals surface area (Å²) in [5.41, 5.74) is -2.57. The first-order valence-corrected chi connectivity index (χ1v) is 11.3. The molecule has 0 saturated carbocycles. The number of nitrogens with zero attached hydrogens (tertiary/aromatic N) is 3. The van der Waals surface area contributed by atoms with Crippen LogP contribution in [0.5, 0.6) is 0 Å². The molecule has 0 radical (unpaired) electrons. The van der Waals surface area contributed by atoms with E-state index < -0.39 is 15.5 Å². The molecule has 0 fully saturated rings. The summed E-state index contributed by atoms with van der Waals surface area (Å²) in [6.45, 7) is 2.09. The standard InChI is InChI=1S/C19H20F3N3O2S2/c1-3-4-15-11-14(9-10-23-15)18-24-17(12-28-18)13-5-7-16(8-6-13)25(2)29(26,27)19(20,21)22/h5,7-13H,3-4,6H2,1-2H3. The predicted octanol–water partition coefficient (Wildman–Crippen LogP) is 4.87. The van der Waals surface area contributed by atoms with Crippen molar-refractivity contribution in [3.8, 4) is 10.6 Å². The van der Waals surface area contributed by atoms with Gasteiger partial charge < -0.3 is 0 Å². The van der Waals surface area contributed by atoms with E-state index in [9.17, 15) is 21.6 Å². The van der Waals surface area contributed by atoms with Crippen LogP contribution in [0.1, 0.15) is 37.1 Å². The van der Waals surface area contributed by atoms with Crippen LogP contribution in [0.15, 0.2) is 47.6 Å². The van der Waals surface area contributed by atoms with Gasteiger partial charge in [-0.25, -0.2) is 4.98 Å². The zero-order valence-electron chi connectivity index (χ0n) is 15.8. The quantitative estimate of drug-likeness (QED) is 0.639. The minimum Gasteiger partial charge on any atom is -0.266 e. The lowest BCUT2D eigenvalue weighted by Gasteiger charge is -2.24. The lowest BCUT2D eigenvalue weighted by molar-refractivity contribution is -0.0474. The van der Waals surface area contributed by atoms with Gasteiger partial charge in [0.25, 0.3) is 0 Å². The van der Waals surface area contributed by atoms with Crippen molar-refractivity contribution in [3.63, 3.8) is 0 Å². The van der Waals surface area contributed by atoms with Crippen LogP contribution in [0.3, 0.4) is 0 Å². The van der Waals surface area contributed by atoms with E-state index >= 15 is 0 Å². The van der Waals surface area contributed by atoms with Crippen LogP contribution in [0, 0.1) is 0 Å². The summed E-state index contributed by atoms with van der Waals surface area (Å²) in [6, 6.07) is 3.91. The van der Waals surface area contributed by atoms with Crippen molar-refractivity contribution in [1.29, 1.82) is 0 Å².